The maximum atomic E-state index is 11.7. The van der Waals surface area contributed by atoms with E-state index in [2.05, 4.69) is 5.32 Å². The van der Waals surface area contributed by atoms with Crippen LogP contribution < -0.4 is 14.8 Å². The molecule has 1 aromatic carbocycles. The number of likely N-dealkylation sites (N-methyl/N-ethyl adjacent to an activating group) is 1. The molecule has 0 radical (unpaired) electrons. The van der Waals surface area contributed by atoms with Crippen molar-refractivity contribution in [1.82, 2.24) is 10.2 Å². The fourth-order valence-corrected chi connectivity index (χ4v) is 2.17. The van der Waals surface area contributed by atoms with Crippen molar-refractivity contribution in [3.63, 3.8) is 0 Å². The lowest BCUT2D eigenvalue weighted by atomic mass is 10.2. The van der Waals surface area contributed by atoms with Crippen molar-refractivity contribution in [2.45, 2.75) is 6.42 Å². The monoisotopic (exact) mass is 338 g/mol. The number of benzene rings is 1. The van der Waals surface area contributed by atoms with Crippen molar-refractivity contribution in [2.24, 2.45) is 0 Å². The Bertz CT molecular complexity index is 629. The second-order valence-corrected chi connectivity index (χ2v) is 5.63. The third kappa shape index (κ3) is 4.89. The zero-order valence-corrected chi connectivity index (χ0v) is 13.9. The van der Waals surface area contributed by atoms with E-state index in [0.717, 1.165) is 6.42 Å². The summed E-state index contributed by atoms with van der Waals surface area (Å²) < 4.78 is 11.1. The minimum Gasteiger partial charge on any atom is -0.489 e. The molecule has 0 unspecified atom stereocenters. The number of carbonyl (C=O) groups is 2. The minimum atomic E-state index is -0.358. The summed E-state index contributed by atoms with van der Waals surface area (Å²) in [4.78, 5) is 24.5. The lowest BCUT2D eigenvalue weighted by molar-refractivity contribution is -0.129. The Hall–Kier alpha value is -2.21. The predicted octanol–water partition coefficient (Wildman–Crippen LogP) is 1.72. The molecule has 1 N–H and O–H groups in total. The number of carbonyl (C=O) groups excluding carboxylic acids is 2. The van der Waals surface area contributed by atoms with E-state index in [4.69, 9.17) is 21.1 Å². The summed E-state index contributed by atoms with van der Waals surface area (Å²) in [6.07, 6.45) is 3.74. The van der Waals surface area contributed by atoms with Gasteiger partial charge in [0.2, 0.25) is 11.8 Å². The van der Waals surface area contributed by atoms with Gasteiger partial charge in [-0.25, -0.2) is 0 Å². The third-order valence-corrected chi connectivity index (χ3v) is 3.45. The van der Waals surface area contributed by atoms with Crippen LogP contribution in [0.4, 0.5) is 0 Å². The summed E-state index contributed by atoms with van der Waals surface area (Å²) >= 11 is 6.18. The number of hydrogen-bond donors (Lipinski definition) is 1. The van der Waals surface area contributed by atoms with Gasteiger partial charge < -0.3 is 19.7 Å². The Labute approximate surface area is 140 Å². The molecule has 124 valence electrons. The SMILES string of the molecule is CN(C)C(=O)CNC(=O)/C=C/c1cc(Cl)c2c(c1)OCCCO2. The number of hydrogen-bond acceptors (Lipinski definition) is 4. The van der Waals surface area contributed by atoms with E-state index < -0.39 is 0 Å². The molecular formula is C16H19ClN2O4. The highest BCUT2D eigenvalue weighted by Gasteiger charge is 2.15. The van der Waals surface area contributed by atoms with Crippen LogP contribution >= 0.6 is 11.6 Å². The molecule has 7 heteroatoms. The zero-order valence-electron chi connectivity index (χ0n) is 13.1. The van der Waals surface area contributed by atoms with Crippen LogP contribution in [0.5, 0.6) is 11.5 Å². The molecule has 0 saturated heterocycles. The largest absolute Gasteiger partial charge is 0.489 e. The minimum absolute atomic E-state index is 0.0436. The first-order valence-electron chi connectivity index (χ1n) is 7.22. The first-order chi connectivity index (χ1) is 11.0. The molecule has 1 aliphatic rings. The Balaban J connectivity index is 2.02. The summed E-state index contributed by atoms with van der Waals surface area (Å²) in [5.74, 6) is 0.564. The van der Waals surface area contributed by atoms with Crippen molar-refractivity contribution < 1.29 is 19.1 Å². The van der Waals surface area contributed by atoms with Crippen molar-refractivity contribution in [3.05, 3.63) is 28.8 Å². The molecule has 1 heterocycles. The van der Waals surface area contributed by atoms with Gasteiger partial charge in [0, 0.05) is 26.6 Å². The first kappa shape index (κ1) is 17.1. The van der Waals surface area contributed by atoms with Crippen molar-refractivity contribution >= 4 is 29.5 Å². The summed E-state index contributed by atoms with van der Waals surface area (Å²) in [5.41, 5.74) is 0.716. The number of nitrogens with zero attached hydrogens (tertiary/aromatic N) is 1. The van der Waals surface area contributed by atoms with E-state index in [0.29, 0.717) is 35.3 Å². The van der Waals surface area contributed by atoms with Crippen LogP contribution in [0.3, 0.4) is 0 Å². The summed E-state index contributed by atoms with van der Waals surface area (Å²) in [7, 11) is 3.26. The highest BCUT2D eigenvalue weighted by atomic mass is 35.5. The number of nitrogens with one attached hydrogen (secondary N) is 1. The highest BCUT2D eigenvalue weighted by Crippen LogP contribution is 2.38. The molecule has 23 heavy (non-hydrogen) atoms. The molecule has 0 fully saturated rings. The topological polar surface area (TPSA) is 67.9 Å². The van der Waals surface area contributed by atoms with Crippen molar-refractivity contribution in [3.8, 4) is 11.5 Å². The molecular weight excluding hydrogens is 320 g/mol. The number of fused-ring (bicyclic) bond motifs is 1. The van der Waals surface area contributed by atoms with E-state index in [-0.39, 0.29) is 18.4 Å². The van der Waals surface area contributed by atoms with Crippen LogP contribution in [-0.4, -0.2) is 50.6 Å². The number of rotatable bonds is 4. The van der Waals surface area contributed by atoms with Gasteiger partial charge in [-0.15, -0.1) is 0 Å². The van der Waals surface area contributed by atoms with E-state index in [1.807, 2.05) is 0 Å². The van der Waals surface area contributed by atoms with E-state index >= 15 is 0 Å². The van der Waals surface area contributed by atoms with Crippen LogP contribution in [0, 0.1) is 0 Å². The average Bonchev–Trinajstić information content (AvgIpc) is 2.76. The molecule has 0 saturated carbocycles. The Morgan fingerprint density at radius 3 is 2.78 bits per heavy atom. The first-order valence-corrected chi connectivity index (χ1v) is 7.60. The lowest BCUT2D eigenvalue weighted by Gasteiger charge is -2.10. The highest BCUT2D eigenvalue weighted by molar-refractivity contribution is 6.32. The van der Waals surface area contributed by atoms with Gasteiger partial charge >= 0.3 is 0 Å². The van der Waals surface area contributed by atoms with Crippen LogP contribution in [0.15, 0.2) is 18.2 Å². The van der Waals surface area contributed by atoms with Crippen LogP contribution in [0.2, 0.25) is 5.02 Å². The van der Waals surface area contributed by atoms with E-state index in [9.17, 15) is 9.59 Å². The second kappa shape index (κ2) is 7.87. The van der Waals surface area contributed by atoms with Crippen molar-refractivity contribution in [2.75, 3.05) is 33.9 Å². The standard InChI is InChI=1S/C16H19ClN2O4/c1-19(2)15(21)10-18-14(20)5-4-11-8-12(17)16-13(9-11)22-6-3-7-23-16/h4-5,8-9H,3,6-7,10H2,1-2H3,(H,18,20)/b5-4+. The van der Waals surface area contributed by atoms with Gasteiger partial charge in [-0.2, -0.15) is 0 Å². The number of amides is 2. The summed E-state index contributed by atoms with van der Waals surface area (Å²) in [6.45, 7) is 1.08. The molecule has 2 amide bonds. The van der Waals surface area contributed by atoms with E-state index in [1.165, 1.54) is 11.0 Å². The predicted molar refractivity (Wildman–Crippen MR) is 87.8 cm³/mol. The molecule has 1 aliphatic heterocycles. The normalized spacial score (nSPS) is 13.5. The van der Waals surface area contributed by atoms with Gasteiger partial charge in [0.25, 0.3) is 0 Å². The Kier molecular flexibility index (Phi) is 5.87. The molecule has 0 aromatic heterocycles. The Morgan fingerprint density at radius 1 is 1.30 bits per heavy atom. The van der Waals surface area contributed by atoms with Gasteiger partial charge in [0.05, 0.1) is 24.8 Å². The molecule has 0 spiro atoms. The third-order valence-electron chi connectivity index (χ3n) is 3.16. The maximum Gasteiger partial charge on any atom is 0.244 e. The quantitative estimate of drug-likeness (QED) is 0.849. The van der Waals surface area contributed by atoms with Crippen LogP contribution in [0.25, 0.3) is 6.08 Å². The lowest BCUT2D eigenvalue weighted by Crippen LogP contribution is -2.35. The number of halogens is 1. The second-order valence-electron chi connectivity index (χ2n) is 5.22. The van der Waals surface area contributed by atoms with E-state index in [1.54, 1.807) is 32.3 Å². The number of ether oxygens (including phenoxy) is 2. The van der Waals surface area contributed by atoms with Gasteiger partial charge in [0.1, 0.15) is 0 Å². The molecule has 0 atom stereocenters. The Morgan fingerprint density at radius 2 is 2.04 bits per heavy atom. The zero-order chi connectivity index (χ0) is 16.8. The fraction of sp³-hybridized carbons (Fsp3) is 0.375. The molecule has 0 aliphatic carbocycles. The maximum absolute atomic E-state index is 11.7. The summed E-state index contributed by atoms with van der Waals surface area (Å²) in [5, 5.41) is 2.95. The van der Waals surface area contributed by atoms with Gasteiger partial charge in [-0.05, 0) is 23.8 Å². The molecule has 2 rings (SSSR count). The molecule has 0 bridgehead atoms. The average molecular weight is 339 g/mol. The molecule has 1 aromatic rings. The van der Waals surface area contributed by atoms with Crippen LogP contribution in [0.1, 0.15) is 12.0 Å². The van der Waals surface area contributed by atoms with Gasteiger partial charge in [-0.1, -0.05) is 11.6 Å². The van der Waals surface area contributed by atoms with Crippen LogP contribution in [-0.2, 0) is 9.59 Å². The van der Waals surface area contributed by atoms with Gasteiger partial charge in [0.15, 0.2) is 11.5 Å². The van der Waals surface area contributed by atoms with Crippen molar-refractivity contribution in [1.29, 1.82) is 0 Å². The smallest absolute Gasteiger partial charge is 0.244 e. The summed E-state index contributed by atoms with van der Waals surface area (Å²) in [6, 6.07) is 3.46. The fourth-order valence-electron chi connectivity index (χ4n) is 1.90. The molecule has 6 nitrogen and oxygen atoms in total. The van der Waals surface area contributed by atoms with Gasteiger partial charge in [-0.3, -0.25) is 9.59 Å².